The van der Waals surface area contributed by atoms with E-state index in [9.17, 15) is 5.11 Å². The van der Waals surface area contributed by atoms with Crippen LogP contribution in [0.25, 0.3) is 33.9 Å². The van der Waals surface area contributed by atoms with Crippen molar-refractivity contribution in [3.05, 3.63) is 73.1 Å². The van der Waals surface area contributed by atoms with Gasteiger partial charge in [0.1, 0.15) is 0 Å². The zero-order chi connectivity index (χ0) is 20.2. The van der Waals surface area contributed by atoms with E-state index in [-0.39, 0.29) is 5.75 Å². The molecule has 3 heterocycles. The summed E-state index contributed by atoms with van der Waals surface area (Å²) in [7, 11) is 3.01. The highest BCUT2D eigenvalue weighted by atomic mass is 16.5. The van der Waals surface area contributed by atoms with Crippen LogP contribution in [-0.2, 0) is 0 Å². The maximum Gasteiger partial charge on any atom is 0.200 e. The molecule has 144 valence electrons. The van der Waals surface area contributed by atoms with E-state index in [1.807, 2.05) is 48.5 Å². The fraction of sp³-hybridized carbons (Fsp3) is 0.0870. The molecule has 0 unspecified atom stereocenters. The summed E-state index contributed by atoms with van der Waals surface area (Å²) in [5.74, 6) is 0.618. The normalized spacial score (nSPS) is 10.6. The molecule has 1 N–H and O–H groups in total. The summed E-state index contributed by atoms with van der Waals surface area (Å²) in [5.41, 5.74) is 4.63. The molecule has 3 aromatic heterocycles. The highest BCUT2D eigenvalue weighted by Gasteiger charge is 2.15. The molecule has 4 aromatic rings. The molecule has 0 atom stereocenters. The Bertz CT molecular complexity index is 1050. The van der Waals surface area contributed by atoms with Crippen LogP contribution in [0.2, 0.25) is 0 Å². The maximum atomic E-state index is 10.2. The average Bonchev–Trinajstić information content (AvgIpc) is 2.80. The van der Waals surface area contributed by atoms with Gasteiger partial charge < -0.3 is 14.6 Å². The number of methoxy groups -OCH3 is 2. The molecule has 0 amide bonds. The number of phenolic OH excluding ortho intramolecular Hbond substituents is 1. The van der Waals surface area contributed by atoms with Gasteiger partial charge in [0.15, 0.2) is 11.5 Å². The quantitative estimate of drug-likeness (QED) is 0.541. The van der Waals surface area contributed by atoms with Crippen molar-refractivity contribution < 1.29 is 14.6 Å². The van der Waals surface area contributed by atoms with Crippen molar-refractivity contribution in [3.8, 4) is 51.2 Å². The summed E-state index contributed by atoms with van der Waals surface area (Å²) < 4.78 is 10.6. The Hall–Kier alpha value is -3.93. The number of hydrogen-bond donors (Lipinski definition) is 1. The highest BCUT2D eigenvalue weighted by Crippen LogP contribution is 2.41. The van der Waals surface area contributed by atoms with Crippen molar-refractivity contribution in [1.82, 2.24) is 15.0 Å². The van der Waals surface area contributed by atoms with Crippen LogP contribution in [0.4, 0.5) is 0 Å². The van der Waals surface area contributed by atoms with E-state index in [2.05, 4.69) is 9.97 Å². The Morgan fingerprint density at radius 2 is 1.14 bits per heavy atom. The monoisotopic (exact) mass is 385 g/mol. The Morgan fingerprint density at radius 1 is 0.655 bits per heavy atom. The van der Waals surface area contributed by atoms with Gasteiger partial charge in [-0.1, -0.05) is 12.1 Å². The zero-order valence-electron chi connectivity index (χ0n) is 16.0. The lowest BCUT2D eigenvalue weighted by Gasteiger charge is -2.13. The standard InChI is InChI=1S/C23H19N3O3/c1-28-21-13-16(14-22(29-2)23(21)27)15-11-19(17-7-3-5-9-24-17)26-20(12-15)18-8-4-6-10-25-18/h3-14,27H,1-2H3. The first-order valence-electron chi connectivity index (χ1n) is 9.00. The van der Waals surface area contributed by atoms with Gasteiger partial charge in [-0.25, -0.2) is 4.98 Å². The van der Waals surface area contributed by atoms with Crippen LogP contribution < -0.4 is 9.47 Å². The van der Waals surface area contributed by atoms with Gasteiger partial charge in [-0.05, 0) is 59.7 Å². The van der Waals surface area contributed by atoms with Gasteiger partial charge in [-0.15, -0.1) is 0 Å². The van der Waals surface area contributed by atoms with E-state index >= 15 is 0 Å². The Balaban J connectivity index is 1.94. The van der Waals surface area contributed by atoms with E-state index in [4.69, 9.17) is 14.5 Å². The van der Waals surface area contributed by atoms with Gasteiger partial charge in [-0.3, -0.25) is 9.97 Å². The molecule has 4 rings (SSSR count). The number of hydrogen-bond acceptors (Lipinski definition) is 6. The molecule has 0 radical (unpaired) electrons. The van der Waals surface area contributed by atoms with Gasteiger partial charge in [-0.2, -0.15) is 0 Å². The Morgan fingerprint density at radius 3 is 1.55 bits per heavy atom. The van der Waals surface area contributed by atoms with E-state index in [0.717, 1.165) is 33.9 Å². The van der Waals surface area contributed by atoms with Crippen LogP contribution in [0.3, 0.4) is 0 Å². The van der Waals surface area contributed by atoms with Crippen molar-refractivity contribution >= 4 is 0 Å². The molecule has 0 spiro atoms. The first-order valence-corrected chi connectivity index (χ1v) is 9.00. The van der Waals surface area contributed by atoms with Crippen molar-refractivity contribution in [2.75, 3.05) is 14.2 Å². The molecule has 0 saturated carbocycles. The minimum Gasteiger partial charge on any atom is -0.502 e. The summed E-state index contributed by atoms with van der Waals surface area (Å²) >= 11 is 0. The summed E-state index contributed by atoms with van der Waals surface area (Å²) in [6.07, 6.45) is 3.47. The third-order valence-electron chi connectivity index (χ3n) is 4.49. The predicted octanol–water partition coefficient (Wildman–Crippen LogP) is 4.60. The van der Waals surface area contributed by atoms with Gasteiger partial charge in [0.2, 0.25) is 5.75 Å². The first kappa shape index (κ1) is 18.4. The van der Waals surface area contributed by atoms with Gasteiger partial charge in [0.05, 0.1) is 37.0 Å². The summed E-state index contributed by atoms with van der Waals surface area (Å²) in [5, 5.41) is 10.2. The number of aromatic hydroxyl groups is 1. The fourth-order valence-electron chi connectivity index (χ4n) is 3.05. The number of ether oxygens (including phenoxy) is 2. The number of benzene rings is 1. The fourth-order valence-corrected chi connectivity index (χ4v) is 3.05. The minimum atomic E-state index is -0.0392. The lowest BCUT2D eigenvalue weighted by molar-refractivity contribution is 0.340. The topological polar surface area (TPSA) is 77.4 Å². The molecule has 0 aliphatic heterocycles. The van der Waals surface area contributed by atoms with E-state index < -0.39 is 0 Å². The van der Waals surface area contributed by atoms with Crippen molar-refractivity contribution in [2.24, 2.45) is 0 Å². The molecule has 0 bridgehead atoms. The van der Waals surface area contributed by atoms with Crippen molar-refractivity contribution in [1.29, 1.82) is 0 Å². The predicted molar refractivity (Wildman–Crippen MR) is 111 cm³/mol. The van der Waals surface area contributed by atoms with E-state index in [1.165, 1.54) is 14.2 Å². The molecule has 0 fully saturated rings. The zero-order valence-corrected chi connectivity index (χ0v) is 16.0. The van der Waals surface area contributed by atoms with Crippen LogP contribution in [0.5, 0.6) is 17.2 Å². The van der Waals surface area contributed by atoms with Crippen LogP contribution in [-0.4, -0.2) is 34.3 Å². The summed E-state index contributed by atoms with van der Waals surface area (Å²) in [6, 6.07) is 18.8. The van der Waals surface area contributed by atoms with Crippen LogP contribution in [0.15, 0.2) is 73.1 Å². The molecule has 6 heteroatoms. The van der Waals surface area contributed by atoms with Crippen molar-refractivity contribution in [2.45, 2.75) is 0 Å². The molecule has 1 aromatic carbocycles. The second-order valence-corrected chi connectivity index (χ2v) is 6.29. The Kier molecular flexibility index (Phi) is 5.07. The molecular weight excluding hydrogens is 366 g/mol. The van der Waals surface area contributed by atoms with Gasteiger partial charge in [0, 0.05) is 12.4 Å². The summed E-state index contributed by atoms with van der Waals surface area (Å²) in [6.45, 7) is 0. The number of phenols is 1. The van der Waals surface area contributed by atoms with Crippen LogP contribution >= 0.6 is 0 Å². The molecular formula is C23H19N3O3. The third-order valence-corrected chi connectivity index (χ3v) is 4.49. The van der Waals surface area contributed by atoms with Crippen molar-refractivity contribution in [3.63, 3.8) is 0 Å². The largest absolute Gasteiger partial charge is 0.502 e. The minimum absolute atomic E-state index is 0.0392. The SMILES string of the molecule is COc1cc(-c2cc(-c3ccccn3)nc(-c3ccccn3)c2)cc(OC)c1O. The van der Waals surface area contributed by atoms with Gasteiger partial charge >= 0.3 is 0 Å². The van der Waals surface area contributed by atoms with Gasteiger partial charge in [0.25, 0.3) is 0 Å². The molecule has 29 heavy (non-hydrogen) atoms. The van der Waals surface area contributed by atoms with Crippen LogP contribution in [0.1, 0.15) is 0 Å². The first-order chi connectivity index (χ1) is 14.2. The van der Waals surface area contributed by atoms with E-state index in [1.54, 1.807) is 24.5 Å². The maximum absolute atomic E-state index is 10.2. The molecule has 6 nitrogen and oxygen atoms in total. The number of pyridine rings is 3. The lowest BCUT2D eigenvalue weighted by Crippen LogP contribution is -1.95. The van der Waals surface area contributed by atoms with Crippen LogP contribution in [0, 0.1) is 0 Å². The molecule has 0 aliphatic rings. The molecule has 0 aliphatic carbocycles. The Labute approximate surface area is 168 Å². The number of rotatable bonds is 5. The van der Waals surface area contributed by atoms with E-state index in [0.29, 0.717) is 11.5 Å². The average molecular weight is 385 g/mol. The lowest BCUT2D eigenvalue weighted by atomic mass is 10.0. The summed E-state index contributed by atoms with van der Waals surface area (Å²) in [4.78, 5) is 13.6. The second kappa shape index (κ2) is 7.98. The number of aromatic nitrogens is 3. The molecule has 0 saturated heterocycles. The number of nitrogens with zero attached hydrogens (tertiary/aromatic N) is 3. The highest BCUT2D eigenvalue weighted by molar-refractivity contribution is 5.77. The third kappa shape index (κ3) is 3.73. The second-order valence-electron chi connectivity index (χ2n) is 6.29. The smallest absolute Gasteiger partial charge is 0.200 e.